The second kappa shape index (κ2) is 11.3. The molecule has 12 nitrogen and oxygen atoms in total. The predicted octanol–water partition coefficient (Wildman–Crippen LogP) is 3.82. The van der Waals surface area contributed by atoms with Gasteiger partial charge in [-0.05, 0) is 47.5 Å². The number of benzene rings is 3. The van der Waals surface area contributed by atoms with Crippen LogP contribution in [0.3, 0.4) is 0 Å². The van der Waals surface area contributed by atoms with Crippen molar-refractivity contribution in [1.82, 2.24) is 20.3 Å². The Morgan fingerprint density at radius 1 is 1.13 bits per heavy atom. The van der Waals surface area contributed by atoms with Crippen molar-refractivity contribution in [3.8, 4) is 28.7 Å². The number of nitrogens with zero attached hydrogens (tertiary/aromatic N) is 4. The van der Waals surface area contributed by atoms with E-state index in [1.54, 1.807) is 42.6 Å². The lowest BCUT2D eigenvalue weighted by atomic mass is 10.2. The van der Waals surface area contributed by atoms with Gasteiger partial charge in [0.15, 0.2) is 23.0 Å². The zero-order valence-electron chi connectivity index (χ0n) is 20.8. The molecule has 3 aromatic carbocycles. The van der Waals surface area contributed by atoms with Crippen LogP contribution in [-0.2, 0) is 17.9 Å². The first-order valence-electron chi connectivity index (χ1n) is 11.8. The first-order valence-corrected chi connectivity index (χ1v) is 11.8. The van der Waals surface area contributed by atoms with Gasteiger partial charge in [0, 0.05) is 24.8 Å². The zero-order chi connectivity index (χ0) is 27.2. The van der Waals surface area contributed by atoms with E-state index in [1.165, 1.54) is 30.0 Å². The highest BCUT2D eigenvalue weighted by Crippen LogP contribution is 2.33. The number of methoxy groups -OCH3 is 1. The van der Waals surface area contributed by atoms with Crippen LogP contribution in [0.2, 0.25) is 0 Å². The summed E-state index contributed by atoms with van der Waals surface area (Å²) in [5, 5.41) is 21.9. The van der Waals surface area contributed by atoms with Crippen molar-refractivity contribution in [1.29, 1.82) is 0 Å². The fourth-order valence-electron chi connectivity index (χ4n) is 3.77. The molecular weight excluding hydrogens is 506 g/mol. The summed E-state index contributed by atoms with van der Waals surface area (Å²) < 4.78 is 23.4. The maximum atomic E-state index is 12.3. The highest BCUT2D eigenvalue weighted by molar-refractivity contribution is 5.91. The van der Waals surface area contributed by atoms with Crippen LogP contribution >= 0.6 is 0 Å². The largest absolute Gasteiger partial charge is 0.493 e. The molecule has 0 aliphatic carbocycles. The Balaban J connectivity index is 1.16. The van der Waals surface area contributed by atoms with Gasteiger partial charge < -0.3 is 24.3 Å². The minimum Gasteiger partial charge on any atom is -0.493 e. The smallest absolute Gasteiger partial charge is 0.271 e. The van der Waals surface area contributed by atoms with Gasteiger partial charge in [-0.25, -0.2) is 4.68 Å². The molecule has 0 unspecified atom stereocenters. The fraction of sp³-hybridized carbons (Fsp3) is 0.148. The molecule has 0 fully saturated rings. The summed E-state index contributed by atoms with van der Waals surface area (Å²) in [5.74, 6) is 2.06. The second-order valence-corrected chi connectivity index (χ2v) is 8.37. The lowest BCUT2D eigenvalue weighted by Crippen LogP contribution is -2.20. The van der Waals surface area contributed by atoms with Gasteiger partial charge in [-0.15, -0.1) is 5.10 Å². The van der Waals surface area contributed by atoms with Crippen LogP contribution in [0.4, 0.5) is 5.69 Å². The number of fused-ring (bicyclic) bond motifs is 1. The van der Waals surface area contributed by atoms with Gasteiger partial charge in [0.1, 0.15) is 12.3 Å². The van der Waals surface area contributed by atoms with Crippen LogP contribution in [0.25, 0.3) is 11.8 Å². The standard InChI is InChI=1S/C27H23N5O7/c1-36-25-12-19(14-28-27(33)10-7-18-5-8-24-26(11-18)39-17-38-24)6-9-23(25)37-16-20-15-31(30-29-20)21-3-2-4-22(13-21)32(34)35/h2-13,15H,14,16-17H2,1H3,(H,28,33)/b10-7+. The normalized spacial score (nSPS) is 11.9. The minimum atomic E-state index is -0.469. The van der Waals surface area contributed by atoms with Crippen molar-refractivity contribution in [2.45, 2.75) is 13.2 Å². The molecule has 1 aliphatic rings. The quantitative estimate of drug-likeness (QED) is 0.184. The SMILES string of the molecule is COc1cc(CNC(=O)/C=C/c2ccc3c(c2)OCO3)ccc1OCc1cn(-c2cccc([N+](=O)[O-])c2)nn1. The highest BCUT2D eigenvalue weighted by Gasteiger charge is 2.13. The van der Waals surface area contributed by atoms with Crippen molar-refractivity contribution >= 4 is 17.7 Å². The van der Waals surface area contributed by atoms with E-state index in [0.29, 0.717) is 40.9 Å². The molecule has 1 amide bonds. The first kappa shape index (κ1) is 25.3. The number of nitro benzene ring substituents is 1. The molecule has 0 saturated heterocycles. The van der Waals surface area contributed by atoms with Crippen LogP contribution in [0, 0.1) is 10.1 Å². The van der Waals surface area contributed by atoms with E-state index in [9.17, 15) is 14.9 Å². The number of nitrogens with one attached hydrogen (secondary N) is 1. The Bertz CT molecular complexity index is 1550. The summed E-state index contributed by atoms with van der Waals surface area (Å²) in [6.07, 6.45) is 4.78. The Labute approximate surface area is 222 Å². The van der Waals surface area contributed by atoms with Gasteiger partial charge in [-0.3, -0.25) is 14.9 Å². The van der Waals surface area contributed by atoms with Crippen molar-refractivity contribution in [3.05, 3.63) is 99.9 Å². The van der Waals surface area contributed by atoms with Gasteiger partial charge in [0.25, 0.3) is 5.69 Å². The monoisotopic (exact) mass is 529 g/mol. The molecule has 0 radical (unpaired) electrons. The summed E-state index contributed by atoms with van der Waals surface area (Å²) in [6.45, 7) is 0.588. The summed E-state index contributed by atoms with van der Waals surface area (Å²) >= 11 is 0. The van der Waals surface area contributed by atoms with E-state index in [4.69, 9.17) is 18.9 Å². The van der Waals surface area contributed by atoms with Crippen LogP contribution in [0.5, 0.6) is 23.0 Å². The first-order chi connectivity index (χ1) is 19.0. The number of hydrogen-bond donors (Lipinski definition) is 1. The average Bonchev–Trinajstić information content (AvgIpc) is 3.63. The molecule has 198 valence electrons. The molecule has 5 rings (SSSR count). The van der Waals surface area contributed by atoms with E-state index in [0.717, 1.165) is 11.1 Å². The lowest BCUT2D eigenvalue weighted by molar-refractivity contribution is -0.384. The predicted molar refractivity (Wildman–Crippen MR) is 139 cm³/mol. The molecule has 0 atom stereocenters. The molecule has 39 heavy (non-hydrogen) atoms. The second-order valence-electron chi connectivity index (χ2n) is 8.37. The van der Waals surface area contributed by atoms with E-state index < -0.39 is 4.92 Å². The summed E-state index contributed by atoms with van der Waals surface area (Å²) in [6, 6.07) is 16.9. The number of non-ortho nitro benzene ring substituents is 1. The van der Waals surface area contributed by atoms with Crippen LogP contribution in [-0.4, -0.2) is 39.7 Å². The van der Waals surface area contributed by atoms with Crippen molar-refractivity contribution in [2.75, 3.05) is 13.9 Å². The molecule has 1 aliphatic heterocycles. The third-order valence-electron chi connectivity index (χ3n) is 5.74. The summed E-state index contributed by atoms with van der Waals surface area (Å²) in [4.78, 5) is 22.9. The van der Waals surface area contributed by atoms with Crippen molar-refractivity contribution in [2.24, 2.45) is 0 Å². The number of carbonyl (C=O) groups excluding carboxylic acids is 1. The number of hydrogen-bond acceptors (Lipinski definition) is 9. The topological polar surface area (TPSA) is 140 Å². The van der Waals surface area contributed by atoms with Gasteiger partial charge in [-0.1, -0.05) is 23.4 Å². The number of rotatable bonds is 10. The summed E-state index contributed by atoms with van der Waals surface area (Å²) in [7, 11) is 1.53. The number of carbonyl (C=O) groups is 1. The highest BCUT2D eigenvalue weighted by atomic mass is 16.7. The minimum absolute atomic E-state index is 0.0393. The third-order valence-corrected chi connectivity index (χ3v) is 5.74. The molecule has 0 spiro atoms. The molecule has 0 bridgehead atoms. The maximum Gasteiger partial charge on any atom is 0.271 e. The van der Waals surface area contributed by atoms with E-state index in [-0.39, 0.29) is 25.0 Å². The zero-order valence-corrected chi connectivity index (χ0v) is 20.8. The Kier molecular flexibility index (Phi) is 7.35. The van der Waals surface area contributed by atoms with Gasteiger partial charge >= 0.3 is 0 Å². The summed E-state index contributed by atoms with van der Waals surface area (Å²) in [5.41, 5.74) is 2.64. The van der Waals surface area contributed by atoms with Crippen LogP contribution in [0.15, 0.2) is 72.9 Å². The molecule has 12 heteroatoms. The average molecular weight is 530 g/mol. The fourth-order valence-corrected chi connectivity index (χ4v) is 3.77. The third kappa shape index (κ3) is 6.13. The molecule has 0 saturated carbocycles. The Hall–Kier alpha value is -5.39. The molecule has 1 N–H and O–H groups in total. The van der Waals surface area contributed by atoms with E-state index >= 15 is 0 Å². The van der Waals surface area contributed by atoms with Crippen LogP contribution < -0.4 is 24.3 Å². The number of amides is 1. The lowest BCUT2D eigenvalue weighted by Gasteiger charge is -2.11. The molecule has 2 heterocycles. The number of aromatic nitrogens is 3. The molecular formula is C27H23N5O7. The molecule has 1 aromatic heterocycles. The molecule has 4 aromatic rings. The van der Waals surface area contributed by atoms with Crippen LogP contribution in [0.1, 0.15) is 16.8 Å². The van der Waals surface area contributed by atoms with Crippen molar-refractivity contribution in [3.63, 3.8) is 0 Å². The number of ether oxygens (including phenoxy) is 4. The van der Waals surface area contributed by atoms with E-state index in [1.807, 2.05) is 18.2 Å². The van der Waals surface area contributed by atoms with Gasteiger partial charge in [-0.2, -0.15) is 0 Å². The maximum absolute atomic E-state index is 12.3. The van der Waals surface area contributed by atoms with Gasteiger partial charge in [0.05, 0.1) is 23.9 Å². The number of nitro groups is 1. The van der Waals surface area contributed by atoms with E-state index in [2.05, 4.69) is 15.6 Å². The van der Waals surface area contributed by atoms with Crippen molar-refractivity contribution < 1.29 is 28.7 Å². The Morgan fingerprint density at radius 3 is 2.85 bits per heavy atom. The Morgan fingerprint density at radius 2 is 2.00 bits per heavy atom. The van der Waals surface area contributed by atoms with Gasteiger partial charge in [0.2, 0.25) is 12.7 Å².